The van der Waals surface area contributed by atoms with Gasteiger partial charge < -0.3 is 10.2 Å². The highest BCUT2D eigenvalue weighted by molar-refractivity contribution is 6.02. The van der Waals surface area contributed by atoms with E-state index in [2.05, 4.69) is 11.8 Å². The second-order valence-corrected chi connectivity index (χ2v) is 6.31. The SMILES string of the molecule is O=C(O)c1ccc2c(C#Cc3cccc4ccccc34)c(C(=O)O)ccc2c1. The molecule has 28 heavy (non-hydrogen) atoms. The molecular formula is C24H14O4. The fraction of sp³-hybridized carbons (Fsp3) is 0. The normalized spacial score (nSPS) is 10.4. The van der Waals surface area contributed by atoms with E-state index in [1.54, 1.807) is 12.1 Å². The second-order valence-electron chi connectivity index (χ2n) is 6.31. The van der Waals surface area contributed by atoms with Crippen molar-refractivity contribution in [2.75, 3.05) is 0 Å². The predicted molar refractivity (Wildman–Crippen MR) is 108 cm³/mol. The minimum Gasteiger partial charge on any atom is -0.478 e. The van der Waals surface area contributed by atoms with Gasteiger partial charge >= 0.3 is 11.9 Å². The molecule has 0 fully saturated rings. The number of hydrogen-bond acceptors (Lipinski definition) is 2. The van der Waals surface area contributed by atoms with Crippen molar-refractivity contribution >= 4 is 33.5 Å². The number of carbonyl (C=O) groups is 2. The third kappa shape index (κ3) is 3.06. The molecule has 0 amide bonds. The summed E-state index contributed by atoms with van der Waals surface area (Å²) in [5.41, 5.74) is 1.40. The number of hydrogen-bond donors (Lipinski definition) is 2. The van der Waals surface area contributed by atoms with Crippen molar-refractivity contribution in [3.05, 3.63) is 95.1 Å². The van der Waals surface area contributed by atoms with Crippen LogP contribution < -0.4 is 0 Å². The highest BCUT2D eigenvalue weighted by Crippen LogP contribution is 2.24. The summed E-state index contributed by atoms with van der Waals surface area (Å²) >= 11 is 0. The van der Waals surface area contributed by atoms with Gasteiger partial charge in [0.1, 0.15) is 0 Å². The zero-order valence-corrected chi connectivity index (χ0v) is 14.6. The van der Waals surface area contributed by atoms with Crippen LogP contribution >= 0.6 is 0 Å². The first-order valence-electron chi connectivity index (χ1n) is 8.58. The summed E-state index contributed by atoms with van der Waals surface area (Å²) in [7, 11) is 0. The van der Waals surface area contributed by atoms with Gasteiger partial charge in [-0.1, -0.05) is 60.4 Å². The summed E-state index contributed by atoms with van der Waals surface area (Å²) in [6, 6.07) is 21.3. The van der Waals surface area contributed by atoms with Gasteiger partial charge in [-0.25, -0.2) is 9.59 Å². The van der Waals surface area contributed by atoms with Crippen LogP contribution in [0.15, 0.2) is 72.8 Å². The maximum absolute atomic E-state index is 11.7. The molecule has 4 heteroatoms. The Hall–Kier alpha value is -4.10. The van der Waals surface area contributed by atoms with Gasteiger partial charge in [-0.15, -0.1) is 0 Å². The smallest absolute Gasteiger partial charge is 0.336 e. The van der Waals surface area contributed by atoms with E-state index in [0.717, 1.165) is 16.3 Å². The molecule has 2 N–H and O–H groups in total. The molecule has 4 nitrogen and oxygen atoms in total. The maximum atomic E-state index is 11.7. The lowest BCUT2D eigenvalue weighted by Crippen LogP contribution is -2.02. The summed E-state index contributed by atoms with van der Waals surface area (Å²) in [4.78, 5) is 22.9. The molecule has 0 radical (unpaired) electrons. The molecule has 0 bridgehead atoms. The number of carboxylic acid groups (broad SMARTS) is 2. The lowest BCUT2D eigenvalue weighted by atomic mass is 9.97. The van der Waals surface area contributed by atoms with Gasteiger partial charge in [-0.05, 0) is 45.8 Å². The van der Waals surface area contributed by atoms with E-state index >= 15 is 0 Å². The van der Waals surface area contributed by atoms with E-state index in [1.807, 2.05) is 42.5 Å². The molecule has 134 valence electrons. The standard InChI is InChI=1S/C24H14O4/c25-23(26)18-10-11-20-17(14-18)9-13-22(24(27)28)21(20)12-8-16-6-3-5-15-4-1-2-7-19(15)16/h1-7,9-11,13-14H,(H,25,26)(H,27,28). The third-order valence-electron chi connectivity index (χ3n) is 4.61. The summed E-state index contributed by atoms with van der Waals surface area (Å²) < 4.78 is 0. The number of fused-ring (bicyclic) bond motifs is 2. The van der Waals surface area contributed by atoms with E-state index < -0.39 is 11.9 Å². The lowest BCUT2D eigenvalue weighted by molar-refractivity contribution is 0.0685. The number of carboxylic acids is 2. The number of benzene rings is 4. The topological polar surface area (TPSA) is 74.6 Å². The molecule has 4 aromatic rings. The molecule has 0 atom stereocenters. The first-order valence-corrected chi connectivity index (χ1v) is 8.58. The van der Waals surface area contributed by atoms with E-state index in [-0.39, 0.29) is 11.1 Å². The Balaban J connectivity index is 1.95. The van der Waals surface area contributed by atoms with Crippen molar-refractivity contribution in [2.45, 2.75) is 0 Å². The minimum atomic E-state index is -1.08. The van der Waals surface area contributed by atoms with Crippen molar-refractivity contribution in [3.63, 3.8) is 0 Å². The van der Waals surface area contributed by atoms with Crippen LogP contribution in [-0.4, -0.2) is 22.2 Å². The Bertz CT molecular complexity index is 1320. The van der Waals surface area contributed by atoms with Crippen LogP contribution in [0, 0.1) is 11.8 Å². The first kappa shape index (κ1) is 17.3. The molecule has 0 saturated heterocycles. The van der Waals surface area contributed by atoms with E-state index in [0.29, 0.717) is 16.3 Å². The van der Waals surface area contributed by atoms with Crippen LogP contribution in [0.3, 0.4) is 0 Å². The molecule has 4 aromatic carbocycles. The Morgan fingerprint density at radius 1 is 0.679 bits per heavy atom. The average molecular weight is 366 g/mol. The largest absolute Gasteiger partial charge is 0.478 e. The number of aromatic carboxylic acids is 2. The molecular weight excluding hydrogens is 352 g/mol. The van der Waals surface area contributed by atoms with E-state index in [1.165, 1.54) is 18.2 Å². The molecule has 4 rings (SSSR count). The minimum absolute atomic E-state index is 0.0864. The van der Waals surface area contributed by atoms with Crippen molar-refractivity contribution in [3.8, 4) is 11.8 Å². The zero-order valence-electron chi connectivity index (χ0n) is 14.6. The van der Waals surface area contributed by atoms with Crippen molar-refractivity contribution in [1.29, 1.82) is 0 Å². The molecule has 0 aliphatic rings. The van der Waals surface area contributed by atoms with Crippen LogP contribution in [0.5, 0.6) is 0 Å². The highest BCUT2D eigenvalue weighted by Gasteiger charge is 2.13. The van der Waals surface area contributed by atoms with Gasteiger partial charge in [0.15, 0.2) is 0 Å². The van der Waals surface area contributed by atoms with Gasteiger partial charge in [-0.3, -0.25) is 0 Å². The molecule has 0 aromatic heterocycles. The third-order valence-corrected chi connectivity index (χ3v) is 4.61. The molecule has 0 heterocycles. The zero-order chi connectivity index (χ0) is 19.7. The van der Waals surface area contributed by atoms with E-state index in [9.17, 15) is 19.8 Å². The van der Waals surface area contributed by atoms with Crippen LogP contribution in [0.25, 0.3) is 21.5 Å². The van der Waals surface area contributed by atoms with Gasteiger partial charge in [-0.2, -0.15) is 0 Å². The number of rotatable bonds is 2. The Labute approximate surface area is 160 Å². The quantitative estimate of drug-likeness (QED) is 0.500. The fourth-order valence-corrected chi connectivity index (χ4v) is 3.24. The monoisotopic (exact) mass is 366 g/mol. The summed E-state index contributed by atoms with van der Waals surface area (Å²) in [6.45, 7) is 0. The van der Waals surface area contributed by atoms with Gasteiger partial charge in [0.05, 0.1) is 11.1 Å². The van der Waals surface area contributed by atoms with Crippen molar-refractivity contribution < 1.29 is 19.8 Å². The second kappa shape index (κ2) is 6.90. The van der Waals surface area contributed by atoms with Crippen LogP contribution in [0.2, 0.25) is 0 Å². The van der Waals surface area contributed by atoms with Crippen LogP contribution in [-0.2, 0) is 0 Å². The average Bonchev–Trinajstić information content (AvgIpc) is 2.71. The van der Waals surface area contributed by atoms with Crippen molar-refractivity contribution in [1.82, 2.24) is 0 Å². The molecule has 0 aliphatic heterocycles. The molecule has 0 spiro atoms. The summed E-state index contributed by atoms with van der Waals surface area (Å²) in [5, 5.41) is 22.0. The first-order chi connectivity index (χ1) is 13.5. The van der Waals surface area contributed by atoms with Gasteiger partial charge in [0, 0.05) is 11.1 Å². The Morgan fingerprint density at radius 2 is 1.46 bits per heavy atom. The summed E-state index contributed by atoms with van der Waals surface area (Å²) in [5.74, 6) is 4.00. The Kier molecular flexibility index (Phi) is 4.27. The summed E-state index contributed by atoms with van der Waals surface area (Å²) in [6.07, 6.45) is 0. The highest BCUT2D eigenvalue weighted by atomic mass is 16.4. The van der Waals surface area contributed by atoms with Crippen LogP contribution in [0.4, 0.5) is 0 Å². The van der Waals surface area contributed by atoms with Gasteiger partial charge in [0.25, 0.3) is 0 Å². The molecule has 0 saturated carbocycles. The fourth-order valence-electron chi connectivity index (χ4n) is 3.24. The van der Waals surface area contributed by atoms with E-state index in [4.69, 9.17) is 0 Å². The maximum Gasteiger partial charge on any atom is 0.336 e. The molecule has 0 aliphatic carbocycles. The predicted octanol–water partition coefficient (Wildman–Crippen LogP) is 4.79. The van der Waals surface area contributed by atoms with Crippen LogP contribution in [0.1, 0.15) is 31.8 Å². The van der Waals surface area contributed by atoms with Crippen molar-refractivity contribution in [2.24, 2.45) is 0 Å². The molecule has 0 unspecified atom stereocenters. The Morgan fingerprint density at radius 3 is 2.25 bits per heavy atom. The van der Waals surface area contributed by atoms with Gasteiger partial charge in [0.2, 0.25) is 0 Å². The lowest BCUT2D eigenvalue weighted by Gasteiger charge is -2.06.